The molecule has 16 heavy (non-hydrogen) atoms. The topological polar surface area (TPSA) is 17.1 Å². The number of rotatable bonds is 5. The molecule has 0 spiro atoms. The summed E-state index contributed by atoms with van der Waals surface area (Å²) < 4.78 is 12.7. The monoisotopic (exact) mass is 220 g/mol. The first kappa shape index (κ1) is 12.6. The zero-order chi connectivity index (χ0) is 12.0. The van der Waals surface area contributed by atoms with Crippen LogP contribution in [0.2, 0.25) is 0 Å². The lowest BCUT2D eigenvalue weighted by Crippen LogP contribution is -1.98. The van der Waals surface area contributed by atoms with Gasteiger partial charge >= 0.3 is 0 Å². The molecule has 0 bridgehead atoms. The molecule has 0 amide bonds. The third-order valence-corrected chi connectivity index (χ3v) is 2.45. The molecule has 0 unspecified atom stereocenters. The molecule has 1 rings (SSSR count). The molecule has 0 atom stereocenters. The molecule has 0 radical (unpaired) electrons. The van der Waals surface area contributed by atoms with E-state index in [1.165, 1.54) is 12.1 Å². The number of hydrogen-bond acceptors (Lipinski definition) is 1. The molecule has 1 nitrogen and oxygen atoms in total. The van der Waals surface area contributed by atoms with Gasteiger partial charge in [0.25, 0.3) is 0 Å². The van der Waals surface area contributed by atoms with Crippen LogP contribution in [0, 0.1) is 5.82 Å². The largest absolute Gasteiger partial charge is 0.295 e. The predicted molar refractivity (Wildman–Crippen MR) is 64.6 cm³/mol. The maximum Gasteiger partial charge on any atom is 0.158 e. The minimum Gasteiger partial charge on any atom is -0.295 e. The molecule has 0 N–H and O–H groups in total. The minimum absolute atomic E-state index is 0.172. The van der Waals surface area contributed by atoms with Crippen molar-refractivity contribution in [2.75, 3.05) is 0 Å². The van der Waals surface area contributed by atoms with Gasteiger partial charge in [-0.05, 0) is 42.7 Å². The molecule has 0 heterocycles. The maximum atomic E-state index is 12.7. The second kappa shape index (κ2) is 6.21. The molecular weight excluding hydrogens is 203 g/mol. The lowest BCUT2D eigenvalue weighted by Gasteiger charge is -2.00. The van der Waals surface area contributed by atoms with Gasteiger partial charge in [0.05, 0.1) is 0 Å². The van der Waals surface area contributed by atoms with E-state index in [1.54, 1.807) is 25.1 Å². The number of allylic oxidation sites excluding steroid dienone is 1. The third kappa shape index (κ3) is 3.97. The fraction of sp³-hybridized carbons (Fsp3) is 0.357. The standard InChI is InChI=1S/C14H17FO/c1-3-4-5-14(16)11(2)10-12-6-8-13(15)9-7-12/h6-10H,3-5H2,1-2H3/b11-10+. The number of benzene rings is 1. The van der Waals surface area contributed by atoms with Crippen LogP contribution in [0.5, 0.6) is 0 Å². The number of ketones is 1. The van der Waals surface area contributed by atoms with Crippen LogP contribution in [0.4, 0.5) is 4.39 Å². The van der Waals surface area contributed by atoms with Crippen LogP contribution < -0.4 is 0 Å². The van der Waals surface area contributed by atoms with Gasteiger partial charge in [0.15, 0.2) is 5.78 Å². The van der Waals surface area contributed by atoms with E-state index in [1.807, 2.05) is 0 Å². The van der Waals surface area contributed by atoms with Gasteiger partial charge in [-0.1, -0.05) is 25.5 Å². The Morgan fingerprint density at radius 2 is 1.94 bits per heavy atom. The average Bonchev–Trinajstić information content (AvgIpc) is 2.29. The van der Waals surface area contributed by atoms with Crippen molar-refractivity contribution in [2.45, 2.75) is 33.1 Å². The fourth-order valence-corrected chi connectivity index (χ4v) is 1.42. The fourth-order valence-electron chi connectivity index (χ4n) is 1.42. The van der Waals surface area contributed by atoms with E-state index in [9.17, 15) is 9.18 Å². The lowest BCUT2D eigenvalue weighted by atomic mass is 10.0. The van der Waals surface area contributed by atoms with Crippen LogP contribution in [-0.2, 0) is 4.79 Å². The van der Waals surface area contributed by atoms with Crippen LogP contribution in [-0.4, -0.2) is 5.78 Å². The van der Waals surface area contributed by atoms with E-state index in [4.69, 9.17) is 0 Å². The van der Waals surface area contributed by atoms with Crippen molar-refractivity contribution in [3.05, 3.63) is 41.2 Å². The number of carbonyl (C=O) groups is 1. The summed E-state index contributed by atoms with van der Waals surface area (Å²) in [5, 5.41) is 0. The summed E-state index contributed by atoms with van der Waals surface area (Å²) in [4.78, 5) is 11.6. The predicted octanol–water partition coefficient (Wildman–Crippen LogP) is 3.99. The van der Waals surface area contributed by atoms with Crippen LogP contribution in [0.3, 0.4) is 0 Å². The smallest absolute Gasteiger partial charge is 0.158 e. The van der Waals surface area contributed by atoms with Gasteiger partial charge in [-0.15, -0.1) is 0 Å². The van der Waals surface area contributed by atoms with E-state index in [-0.39, 0.29) is 11.6 Å². The van der Waals surface area contributed by atoms with Gasteiger partial charge in [0, 0.05) is 6.42 Å². The minimum atomic E-state index is -0.257. The summed E-state index contributed by atoms with van der Waals surface area (Å²) in [6.45, 7) is 3.87. The van der Waals surface area contributed by atoms with Gasteiger partial charge in [-0.3, -0.25) is 4.79 Å². The first-order chi connectivity index (χ1) is 7.63. The first-order valence-electron chi connectivity index (χ1n) is 5.60. The van der Waals surface area contributed by atoms with Crippen molar-refractivity contribution in [1.82, 2.24) is 0 Å². The average molecular weight is 220 g/mol. The van der Waals surface area contributed by atoms with Crippen molar-refractivity contribution in [3.63, 3.8) is 0 Å². The van der Waals surface area contributed by atoms with Gasteiger partial charge in [-0.25, -0.2) is 4.39 Å². The van der Waals surface area contributed by atoms with Crippen LogP contribution >= 0.6 is 0 Å². The highest BCUT2D eigenvalue weighted by Crippen LogP contribution is 2.11. The van der Waals surface area contributed by atoms with Gasteiger partial charge in [-0.2, -0.15) is 0 Å². The Hall–Kier alpha value is -1.44. The van der Waals surface area contributed by atoms with Crippen LogP contribution in [0.15, 0.2) is 29.8 Å². The highest BCUT2D eigenvalue weighted by atomic mass is 19.1. The Bertz CT molecular complexity index is 376. The summed E-state index contributed by atoms with van der Waals surface area (Å²) in [6, 6.07) is 6.14. The molecule has 0 aliphatic carbocycles. The molecule has 0 aromatic heterocycles. The quantitative estimate of drug-likeness (QED) is 0.686. The number of halogens is 1. The Kier molecular flexibility index (Phi) is 4.90. The van der Waals surface area contributed by atoms with Crippen molar-refractivity contribution < 1.29 is 9.18 Å². The van der Waals surface area contributed by atoms with E-state index < -0.39 is 0 Å². The van der Waals surface area contributed by atoms with Crippen molar-refractivity contribution in [3.8, 4) is 0 Å². The number of Topliss-reactive ketones (excluding diaryl/α,β-unsaturated/α-hetero) is 1. The second-order valence-corrected chi connectivity index (χ2v) is 3.91. The van der Waals surface area contributed by atoms with Gasteiger partial charge < -0.3 is 0 Å². The molecular formula is C14H17FO. The maximum absolute atomic E-state index is 12.7. The Balaban J connectivity index is 2.68. The van der Waals surface area contributed by atoms with E-state index in [0.29, 0.717) is 6.42 Å². The van der Waals surface area contributed by atoms with Crippen LogP contribution in [0.1, 0.15) is 38.7 Å². The lowest BCUT2D eigenvalue weighted by molar-refractivity contribution is -0.115. The van der Waals surface area contributed by atoms with Crippen LogP contribution in [0.25, 0.3) is 6.08 Å². The van der Waals surface area contributed by atoms with E-state index in [0.717, 1.165) is 24.0 Å². The molecule has 0 saturated carbocycles. The number of hydrogen-bond donors (Lipinski definition) is 0. The van der Waals surface area contributed by atoms with Crippen molar-refractivity contribution >= 4 is 11.9 Å². The molecule has 1 aromatic rings. The highest BCUT2D eigenvalue weighted by Gasteiger charge is 2.03. The molecule has 0 fully saturated rings. The van der Waals surface area contributed by atoms with Crippen molar-refractivity contribution in [1.29, 1.82) is 0 Å². The van der Waals surface area contributed by atoms with E-state index in [2.05, 4.69) is 6.92 Å². The third-order valence-electron chi connectivity index (χ3n) is 2.45. The number of unbranched alkanes of at least 4 members (excludes halogenated alkanes) is 1. The normalized spacial score (nSPS) is 11.6. The molecule has 1 aromatic carbocycles. The van der Waals surface area contributed by atoms with Gasteiger partial charge in [0.2, 0.25) is 0 Å². The Morgan fingerprint density at radius 1 is 1.31 bits per heavy atom. The summed E-state index contributed by atoms with van der Waals surface area (Å²) in [5.74, 6) is -0.0849. The Labute approximate surface area is 96.0 Å². The SMILES string of the molecule is CCCCC(=O)/C(C)=C/c1ccc(F)cc1. The molecule has 0 aliphatic rings. The summed E-state index contributed by atoms with van der Waals surface area (Å²) >= 11 is 0. The summed E-state index contributed by atoms with van der Waals surface area (Å²) in [5.41, 5.74) is 1.60. The summed E-state index contributed by atoms with van der Waals surface area (Å²) in [7, 11) is 0. The second-order valence-electron chi connectivity index (χ2n) is 3.91. The highest BCUT2D eigenvalue weighted by molar-refractivity contribution is 5.98. The first-order valence-corrected chi connectivity index (χ1v) is 5.60. The molecule has 0 aliphatic heterocycles. The van der Waals surface area contributed by atoms with Gasteiger partial charge in [0.1, 0.15) is 5.82 Å². The molecule has 86 valence electrons. The Morgan fingerprint density at radius 3 is 2.50 bits per heavy atom. The zero-order valence-corrected chi connectivity index (χ0v) is 9.79. The van der Waals surface area contributed by atoms with Crippen molar-refractivity contribution in [2.24, 2.45) is 0 Å². The summed E-state index contributed by atoms with van der Waals surface area (Å²) in [6.07, 6.45) is 4.35. The van der Waals surface area contributed by atoms with E-state index >= 15 is 0 Å². The molecule has 0 saturated heterocycles. The molecule has 2 heteroatoms. The zero-order valence-electron chi connectivity index (χ0n) is 9.79. The number of carbonyl (C=O) groups excluding carboxylic acids is 1.